The third-order valence-electron chi connectivity index (χ3n) is 4.08. The monoisotopic (exact) mass is 291 g/mol. The molecule has 0 aromatic heterocycles. The van der Waals surface area contributed by atoms with Crippen LogP contribution in [0.3, 0.4) is 0 Å². The van der Waals surface area contributed by atoms with Crippen LogP contribution in [0, 0.1) is 12.8 Å². The molecule has 1 N–H and O–H groups in total. The smallest absolute Gasteiger partial charge is 0.226 e. The van der Waals surface area contributed by atoms with E-state index in [1.807, 2.05) is 36.1 Å². The number of aliphatic hydroxyl groups is 1. The highest BCUT2D eigenvalue weighted by Gasteiger charge is 2.22. The molecular formula is C17H25NO3. The summed E-state index contributed by atoms with van der Waals surface area (Å²) in [5, 5.41) is 9.01. The number of piperidine rings is 1. The largest absolute Gasteiger partial charge is 0.493 e. The second-order valence-corrected chi connectivity index (χ2v) is 5.72. The average molecular weight is 291 g/mol. The van der Waals surface area contributed by atoms with Crippen molar-refractivity contribution in [3.63, 3.8) is 0 Å². The van der Waals surface area contributed by atoms with E-state index in [2.05, 4.69) is 0 Å². The SMILES string of the molecule is Cc1ccccc1OCCC(=O)N1CCCC(CCO)C1. The quantitative estimate of drug-likeness (QED) is 0.875. The predicted octanol–water partition coefficient (Wildman–Crippen LogP) is 2.38. The van der Waals surface area contributed by atoms with Gasteiger partial charge in [0.2, 0.25) is 5.91 Å². The van der Waals surface area contributed by atoms with Crippen molar-refractivity contribution in [2.45, 2.75) is 32.6 Å². The minimum Gasteiger partial charge on any atom is -0.493 e. The fourth-order valence-electron chi connectivity index (χ4n) is 2.83. The number of hydrogen-bond acceptors (Lipinski definition) is 3. The lowest BCUT2D eigenvalue weighted by molar-refractivity contribution is -0.133. The van der Waals surface area contributed by atoms with Crippen molar-refractivity contribution in [3.8, 4) is 5.75 Å². The number of carbonyl (C=O) groups excluding carboxylic acids is 1. The Labute approximate surface area is 126 Å². The maximum absolute atomic E-state index is 12.2. The lowest BCUT2D eigenvalue weighted by Gasteiger charge is -2.32. The molecule has 1 aliphatic rings. The molecule has 4 heteroatoms. The summed E-state index contributed by atoms with van der Waals surface area (Å²) >= 11 is 0. The van der Waals surface area contributed by atoms with Gasteiger partial charge in [-0.2, -0.15) is 0 Å². The zero-order chi connectivity index (χ0) is 15.1. The van der Waals surface area contributed by atoms with Crippen LogP contribution in [0.25, 0.3) is 0 Å². The third-order valence-corrected chi connectivity index (χ3v) is 4.08. The van der Waals surface area contributed by atoms with Crippen LogP contribution in [0.1, 0.15) is 31.2 Å². The van der Waals surface area contributed by atoms with E-state index in [9.17, 15) is 4.79 Å². The van der Waals surface area contributed by atoms with Gasteiger partial charge >= 0.3 is 0 Å². The Kier molecular flexibility index (Phi) is 6.05. The van der Waals surface area contributed by atoms with Crippen molar-refractivity contribution in [1.82, 2.24) is 4.90 Å². The molecule has 1 unspecified atom stereocenters. The van der Waals surface area contributed by atoms with Crippen molar-refractivity contribution >= 4 is 5.91 Å². The van der Waals surface area contributed by atoms with Crippen molar-refractivity contribution in [2.75, 3.05) is 26.3 Å². The van der Waals surface area contributed by atoms with E-state index >= 15 is 0 Å². The number of nitrogens with zero attached hydrogens (tertiary/aromatic N) is 1. The molecule has 1 amide bonds. The van der Waals surface area contributed by atoms with E-state index in [-0.39, 0.29) is 12.5 Å². The van der Waals surface area contributed by atoms with Crippen molar-refractivity contribution in [3.05, 3.63) is 29.8 Å². The van der Waals surface area contributed by atoms with Gasteiger partial charge in [-0.1, -0.05) is 18.2 Å². The van der Waals surface area contributed by atoms with Gasteiger partial charge in [-0.05, 0) is 43.7 Å². The fraction of sp³-hybridized carbons (Fsp3) is 0.588. The molecular weight excluding hydrogens is 266 g/mol. The van der Waals surface area contributed by atoms with Gasteiger partial charge in [-0.15, -0.1) is 0 Å². The summed E-state index contributed by atoms with van der Waals surface area (Å²) in [6.45, 7) is 4.25. The van der Waals surface area contributed by atoms with E-state index < -0.39 is 0 Å². The molecule has 1 heterocycles. The molecule has 1 aliphatic heterocycles. The number of aryl methyl sites for hydroxylation is 1. The first-order valence-electron chi connectivity index (χ1n) is 7.77. The van der Waals surface area contributed by atoms with Crippen LogP contribution in [-0.4, -0.2) is 42.2 Å². The minimum atomic E-state index is 0.159. The van der Waals surface area contributed by atoms with Crippen LogP contribution in [0.4, 0.5) is 0 Å². The minimum absolute atomic E-state index is 0.159. The summed E-state index contributed by atoms with van der Waals surface area (Å²) in [4.78, 5) is 14.1. The number of amides is 1. The van der Waals surface area contributed by atoms with E-state index in [0.717, 1.165) is 43.7 Å². The van der Waals surface area contributed by atoms with Crippen LogP contribution in [0.5, 0.6) is 5.75 Å². The Bertz CT molecular complexity index is 459. The number of benzene rings is 1. The van der Waals surface area contributed by atoms with Gasteiger partial charge in [0.25, 0.3) is 0 Å². The molecule has 0 spiro atoms. The Morgan fingerprint density at radius 1 is 1.43 bits per heavy atom. The summed E-state index contributed by atoms with van der Waals surface area (Å²) in [6.07, 6.45) is 3.36. The molecule has 21 heavy (non-hydrogen) atoms. The van der Waals surface area contributed by atoms with E-state index in [0.29, 0.717) is 18.9 Å². The molecule has 0 radical (unpaired) electrons. The Morgan fingerprint density at radius 2 is 2.24 bits per heavy atom. The van der Waals surface area contributed by atoms with Crippen molar-refractivity contribution in [2.24, 2.45) is 5.92 Å². The molecule has 1 aromatic rings. The molecule has 1 saturated heterocycles. The number of hydrogen-bond donors (Lipinski definition) is 1. The lowest BCUT2D eigenvalue weighted by atomic mass is 9.95. The number of para-hydroxylation sites is 1. The van der Waals surface area contributed by atoms with Crippen LogP contribution in [0.15, 0.2) is 24.3 Å². The number of aliphatic hydroxyl groups excluding tert-OH is 1. The van der Waals surface area contributed by atoms with E-state index in [4.69, 9.17) is 9.84 Å². The average Bonchev–Trinajstić information content (AvgIpc) is 2.50. The first-order valence-corrected chi connectivity index (χ1v) is 7.77. The highest BCUT2D eigenvalue weighted by atomic mass is 16.5. The first kappa shape index (κ1) is 15.8. The van der Waals surface area contributed by atoms with Gasteiger partial charge in [-0.3, -0.25) is 4.79 Å². The second-order valence-electron chi connectivity index (χ2n) is 5.72. The molecule has 0 bridgehead atoms. The predicted molar refractivity (Wildman–Crippen MR) is 82.3 cm³/mol. The maximum Gasteiger partial charge on any atom is 0.226 e. The standard InChI is InChI=1S/C17H25NO3/c1-14-5-2-3-7-16(14)21-12-9-17(20)18-10-4-6-15(13-18)8-11-19/h2-3,5,7,15,19H,4,6,8-13H2,1H3. The van der Waals surface area contributed by atoms with Crippen molar-refractivity contribution in [1.29, 1.82) is 0 Å². The summed E-state index contributed by atoms with van der Waals surface area (Å²) in [5.74, 6) is 1.46. The molecule has 1 fully saturated rings. The highest BCUT2D eigenvalue weighted by molar-refractivity contribution is 5.76. The van der Waals surface area contributed by atoms with Gasteiger partial charge in [0.15, 0.2) is 0 Å². The summed E-state index contributed by atoms with van der Waals surface area (Å²) in [7, 11) is 0. The Balaban J connectivity index is 1.75. The normalized spacial score (nSPS) is 18.6. The van der Waals surface area contributed by atoms with Gasteiger partial charge in [0.05, 0.1) is 13.0 Å². The van der Waals surface area contributed by atoms with Crippen LogP contribution >= 0.6 is 0 Å². The van der Waals surface area contributed by atoms with E-state index in [1.54, 1.807) is 0 Å². The Morgan fingerprint density at radius 3 is 3.00 bits per heavy atom. The molecule has 4 nitrogen and oxygen atoms in total. The summed E-state index contributed by atoms with van der Waals surface area (Å²) in [6, 6.07) is 7.84. The number of likely N-dealkylation sites (tertiary alicyclic amines) is 1. The lowest BCUT2D eigenvalue weighted by Crippen LogP contribution is -2.40. The first-order chi connectivity index (χ1) is 10.2. The third kappa shape index (κ3) is 4.74. The van der Waals surface area contributed by atoms with Crippen LogP contribution in [-0.2, 0) is 4.79 Å². The number of rotatable bonds is 6. The highest BCUT2D eigenvalue weighted by Crippen LogP contribution is 2.20. The van der Waals surface area contributed by atoms with Gasteiger partial charge in [-0.25, -0.2) is 0 Å². The van der Waals surface area contributed by atoms with Crippen molar-refractivity contribution < 1.29 is 14.6 Å². The zero-order valence-electron chi connectivity index (χ0n) is 12.8. The summed E-state index contributed by atoms with van der Waals surface area (Å²) < 4.78 is 5.69. The Hall–Kier alpha value is -1.55. The molecule has 0 saturated carbocycles. The molecule has 1 atom stereocenters. The topological polar surface area (TPSA) is 49.8 Å². The molecule has 1 aromatic carbocycles. The number of ether oxygens (including phenoxy) is 1. The zero-order valence-corrected chi connectivity index (χ0v) is 12.8. The van der Waals surface area contributed by atoms with Gasteiger partial charge in [0.1, 0.15) is 5.75 Å². The van der Waals surface area contributed by atoms with Crippen LogP contribution in [0.2, 0.25) is 0 Å². The fourth-order valence-corrected chi connectivity index (χ4v) is 2.83. The number of carbonyl (C=O) groups is 1. The maximum atomic E-state index is 12.2. The van der Waals surface area contributed by atoms with Gasteiger partial charge < -0.3 is 14.7 Å². The molecule has 0 aliphatic carbocycles. The van der Waals surface area contributed by atoms with Gasteiger partial charge in [0, 0.05) is 19.7 Å². The molecule has 2 rings (SSSR count). The second kappa shape index (κ2) is 8.03. The van der Waals surface area contributed by atoms with Crippen LogP contribution < -0.4 is 4.74 Å². The summed E-state index contributed by atoms with van der Waals surface area (Å²) in [5.41, 5.74) is 1.09. The molecule has 116 valence electrons. The van der Waals surface area contributed by atoms with E-state index in [1.165, 1.54) is 0 Å².